The molecule has 4 N–H and O–H groups in total. The molecule has 7 nitrogen and oxygen atoms in total. The third kappa shape index (κ3) is 4.22. The molecule has 1 heterocycles. The number of benzene rings is 1. The van der Waals surface area contributed by atoms with Gasteiger partial charge in [-0.05, 0) is 18.2 Å². The molecule has 0 saturated heterocycles. The fourth-order valence-electron chi connectivity index (χ4n) is 1.70. The molecule has 0 aliphatic heterocycles. The molecule has 1 aromatic heterocycles. The summed E-state index contributed by atoms with van der Waals surface area (Å²) in [4.78, 5) is 29.7. The van der Waals surface area contributed by atoms with E-state index in [9.17, 15) is 9.59 Å². The van der Waals surface area contributed by atoms with Gasteiger partial charge in [0.25, 0.3) is 0 Å². The number of carbonyl (C=O) groups excluding carboxylic acids is 1. The topological polar surface area (TPSA) is 107 Å². The number of anilines is 1. The lowest BCUT2D eigenvalue weighted by Gasteiger charge is -2.10. The fraction of sp³-hybridized carbons (Fsp3) is 0.154. The summed E-state index contributed by atoms with van der Waals surface area (Å²) < 4.78 is 0. The Labute approximate surface area is 125 Å². The third-order valence-electron chi connectivity index (χ3n) is 2.66. The first-order chi connectivity index (χ1) is 10.1. The van der Waals surface area contributed by atoms with E-state index < -0.39 is 12.0 Å². The third-order valence-corrected chi connectivity index (χ3v) is 2.90. The van der Waals surface area contributed by atoms with E-state index in [-0.39, 0.29) is 11.3 Å². The van der Waals surface area contributed by atoms with Crippen LogP contribution >= 0.6 is 11.6 Å². The number of H-pyrrole nitrogens is 1. The predicted molar refractivity (Wildman–Crippen MR) is 77.7 cm³/mol. The van der Waals surface area contributed by atoms with Gasteiger partial charge in [0.15, 0.2) is 0 Å². The number of nitrogens with one attached hydrogen (secondary N) is 3. The van der Waals surface area contributed by atoms with Crippen LogP contribution in [-0.2, 0) is 6.42 Å². The number of carboxylic acid groups (broad SMARTS) is 1. The molecule has 0 radical (unpaired) electrons. The van der Waals surface area contributed by atoms with Gasteiger partial charge in [0.1, 0.15) is 5.82 Å². The normalized spacial score (nSPS) is 10.1. The Morgan fingerprint density at radius 2 is 2.19 bits per heavy atom. The van der Waals surface area contributed by atoms with Crippen molar-refractivity contribution in [2.45, 2.75) is 6.42 Å². The second-order valence-electron chi connectivity index (χ2n) is 4.16. The second-order valence-corrected chi connectivity index (χ2v) is 4.60. The van der Waals surface area contributed by atoms with Gasteiger partial charge in [-0.3, -0.25) is 0 Å². The molecule has 0 spiro atoms. The van der Waals surface area contributed by atoms with E-state index in [1.165, 1.54) is 18.2 Å². The summed E-state index contributed by atoms with van der Waals surface area (Å²) in [6.07, 6.45) is 3.86. The molecule has 0 atom stereocenters. The number of urea groups is 1. The molecule has 21 heavy (non-hydrogen) atoms. The SMILES string of the molecule is O=C(NCCc1ncc[nH]1)Nc1cc(Cl)ccc1C(=O)O. The number of aromatic carboxylic acids is 1. The Balaban J connectivity index is 1.93. The van der Waals surface area contributed by atoms with E-state index >= 15 is 0 Å². The number of rotatable bonds is 5. The first kappa shape index (κ1) is 14.9. The summed E-state index contributed by atoms with van der Waals surface area (Å²) in [6, 6.07) is 3.66. The minimum atomic E-state index is -1.14. The van der Waals surface area contributed by atoms with Gasteiger partial charge in [0, 0.05) is 30.4 Å². The van der Waals surface area contributed by atoms with Crippen LogP contribution in [0.4, 0.5) is 10.5 Å². The van der Waals surface area contributed by atoms with Gasteiger partial charge < -0.3 is 20.7 Å². The summed E-state index contributed by atoms with van der Waals surface area (Å²) in [5, 5.41) is 14.5. The molecule has 0 bridgehead atoms. The molecule has 0 fully saturated rings. The minimum absolute atomic E-state index is 0.0272. The maximum atomic E-state index is 11.7. The molecule has 1 aromatic carbocycles. The predicted octanol–water partition coefficient (Wildman–Crippen LogP) is 2.13. The Morgan fingerprint density at radius 1 is 1.38 bits per heavy atom. The van der Waals surface area contributed by atoms with E-state index in [4.69, 9.17) is 16.7 Å². The average molecular weight is 309 g/mol. The molecular weight excluding hydrogens is 296 g/mol. The van der Waals surface area contributed by atoms with Crippen LogP contribution in [-0.4, -0.2) is 33.6 Å². The van der Waals surface area contributed by atoms with Crippen molar-refractivity contribution in [3.63, 3.8) is 0 Å². The fourth-order valence-corrected chi connectivity index (χ4v) is 1.87. The van der Waals surface area contributed by atoms with Crippen molar-refractivity contribution >= 4 is 29.3 Å². The zero-order chi connectivity index (χ0) is 15.2. The molecule has 0 saturated carbocycles. The Hall–Kier alpha value is -2.54. The zero-order valence-corrected chi connectivity index (χ0v) is 11.6. The van der Waals surface area contributed by atoms with Crippen molar-refractivity contribution < 1.29 is 14.7 Å². The van der Waals surface area contributed by atoms with Gasteiger partial charge in [-0.15, -0.1) is 0 Å². The highest BCUT2D eigenvalue weighted by Crippen LogP contribution is 2.21. The highest BCUT2D eigenvalue weighted by atomic mass is 35.5. The van der Waals surface area contributed by atoms with Crippen LogP contribution in [0.2, 0.25) is 5.02 Å². The smallest absolute Gasteiger partial charge is 0.337 e. The molecular formula is C13H13ClN4O3. The summed E-state index contributed by atoms with van der Waals surface area (Å²) in [7, 11) is 0. The highest BCUT2D eigenvalue weighted by molar-refractivity contribution is 6.31. The van der Waals surface area contributed by atoms with Crippen LogP contribution in [0.5, 0.6) is 0 Å². The number of hydrogen-bond donors (Lipinski definition) is 4. The van der Waals surface area contributed by atoms with E-state index in [1.54, 1.807) is 12.4 Å². The molecule has 2 amide bonds. The van der Waals surface area contributed by atoms with E-state index in [0.717, 1.165) is 5.82 Å². The Morgan fingerprint density at radius 3 is 2.86 bits per heavy atom. The van der Waals surface area contributed by atoms with Gasteiger partial charge in [-0.2, -0.15) is 0 Å². The van der Waals surface area contributed by atoms with Crippen LogP contribution in [0.15, 0.2) is 30.6 Å². The van der Waals surface area contributed by atoms with Crippen molar-refractivity contribution in [3.05, 3.63) is 47.0 Å². The van der Waals surface area contributed by atoms with Gasteiger partial charge in [0.2, 0.25) is 0 Å². The van der Waals surface area contributed by atoms with Crippen molar-refractivity contribution in [1.82, 2.24) is 15.3 Å². The molecule has 0 unspecified atom stereocenters. The van der Waals surface area contributed by atoms with Crippen LogP contribution < -0.4 is 10.6 Å². The minimum Gasteiger partial charge on any atom is -0.478 e. The summed E-state index contributed by atoms with van der Waals surface area (Å²) in [6.45, 7) is 0.363. The van der Waals surface area contributed by atoms with Crippen LogP contribution in [0, 0.1) is 0 Å². The number of carboxylic acids is 1. The number of hydrogen-bond acceptors (Lipinski definition) is 3. The maximum absolute atomic E-state index is 11.7. The monoisotopic (exact) mass is 308 g/mol. The number of aromatic amines is 1. The van der Waals surface area contributed by atoms with Gasteiger partial charge >= 0.3 is 12.0 Å². The van der Waals surface area contributed by atoms with Crippen molar-refractivity contribution in [2.24, 2.45) is 0 Å². The molecule has 2 rings (SSSR count). The lowest BCUT2D eigenvalue weighted by Crippen LogP contribution is -2.31. The average Bonchev–Trinajstić information content (AvgIpc) is 2.91. The number of amides is 2. The summed E-state index contributed by atoms with van der Waals surface area (Å²) >= 11 is 5.80. The number of aromatic nitrogens is 2. The van der Waals surface area contributed by atoms with Crippen LogP contribution in [0.25, 0.3) is 0 Å². The lowest BCUT2D eigenvalue weighted by molar-refractivity contribution is 0.0698. The highest BCUT2D eigenvalue weighted by Gasteiger charge is 2.12. The standard InChI is InChI=1S/C13H13ClN4O3/c14-8-1-2-9(12(19)20)10(7-8)18-13(21)17-4-3-11-15-5-6-16-11/h1-2,5-7H,3-4H2,(H,15,16)(H,19,20)(H2,17,18,21). The Bertz CT molecular complexity index is 643. The van der Waals surface area contributed by atoms with Crippen LogP contribution in [0.1, 0.15) is 16.2 Å². The van der Waals surface area contributed by atoms with E-state index in [0.29, 0.717) is 18.0 Å². The first-order valence-electron chi connectivity index (χ1n) is 6.12. The summed E-state index contributed by atoms with van der Waals surface area (Å²) in [5.74, 6) is -0.387. The van der Waals surface area contributed by atoms with Crippen molar-refractivity contribution in [2.75, 3.05) is 11.9 Å². The maximum Gasteiger partial charge on any atom is 0.337 e. The summed E-state index contributed by atoms with van der Waals surface area (Å²) in [5.41, 5.74) is 0.117. The number of nitrogens with zero attached hydrogens (tertiary/aromatic N) is 1. The first-order valence-corrected chi connectivity index (χ1v) is 6.50. The largest absolute Gasteiger partial charge is 0.478 e. The number of halogens is 1. The van der Waals surface area contributed by atoms with Gasteiger partial charge in [-0.25, -0.2) is 14.6 Å². The molecule has 2 aromatic rings. The van der Waals surface area contributed by atoms with Crippen molar-refractivity contribution in [1.29, 1.82) is 0 Å². The van der Waals surface area contributed by atoms with Crippen LogP contribution in [0.3, 0.4) is 0 Å². The zero-order valence-electron chi connectivity index (χ0n) is 10.9. The molecule has 0 aliphatic carbocycles. The Kier molecular flexibility index (Phi) is 4.78. The lowest BCUT2D eigenvalue weighted by atomic mass is 10.2. The van der Waals surface area contributed by atoms with Crippen molar-refractivity contribution in [3.8, 4) is 0 Å². The van der Waals surface area contributed by atoms with Gasteiger partial charge in [0.05, 0.1) is 11.3 Å². The molecule has 110 valence electrons. The number of imidazole rings is 1. The number of carbonyl (C=O) groups is 2. The van der Waals surface area contributed by atoms with E-state index in [1.807, 2.05) is 0 Å². The molecule has 0 aliphatic rings. The van der Waals surface area contributed by atoms with E-state index in [2.05, 4.69) is 20.6 Å². The van der Waals surface area contributed by atoms with Gasteiger partial charge in [-0.1, -0.05) is 11.6 Å². The quantitative estimate of drug-likeness (QED) is 0.678. The second kappa shape index (κ2) is 6.76. The molecule has 8 heteroatoms.